The third kappa shape index (κ3) is 4.72. The molecule has 34 heavy (non-hydrogen) atoms. The molecule has 0 atom stereocenters. The number of rotatable bonds is 8. The number of nitrogen functional groups attached to an aromatic ring is 1. The van der Waals surface area contributed by atoms with Crippen molar-refractivity contribution in [2.45, 2.75) is 32.2 Å². The molecule has 0 bridgehead atoms. The quantitative estimate of drug-likeness (QED) is 0.225. The number of fused-ring (bicyclic) bond motifs is 1. The zero-order valence-corrected chi connectivity index (χ0v) is 19.4. The molecule has 0 spiro atoms. The first-order chi connectivity index (χ1) is 16.5. The number of aliphatic imine (C=N–C) groups is 1. The lowest BCUT2D eigenvalue weighted by atomic mass is 10.1. The van der Waals surface area contributed by atoms with E-state index in [2.05, 4.69) is 30.6 Å². The second-order valence-corrected chi connectivity index (χ2v) is 8.66. The molecule has 1 saturated carbocycles. The molecule has 1 aromatic carbocycles. The summed E-state index contributed by atoms with van der Waals surface area (Å²) in [5.74, 6) is 1.29. The summed E-state index contributed by atoms with van der Waals surface area (Å²) in [6.45, 7) is 2.34. The van der Waals surface area contributed by atoms with Crippen molar-refractivity contribution in [2.24, 2.45) is 10.7 Å². The Balaban J connectivity index is 1.47. The minimum Gasteiger partial charge on any atom is -0.388 e. The number of aromatic nitrogens is 6. The average Bonchev–Trinajstić information content (AvgIpc) is 3.32. The third-order valence-corrected chi connectivity index (χ3v) is 5.80. The molecule has 10 nitrogen and oxygen atoms in total. The second kappa shape index (κ2) is 9.14. The van der Waals surface area contributed by atoms with Gasteiger partial charge in [-0.2, -0.15) is 10.2 Å². The van der Waals surface area contributed by atoms with Crippen LogP contribution < -0.4 is 16.8 Å². The smallest absolute Gasteiger partial charge is 0.182 e. The van der Waals surface area contributed by atoms with Crippen LogP contribution in [-0.2, 0) is 6.42 Å². The lowest BCUT2D eigenvalue weighted by Crippen LogP contribution is -2.14. The maximum Gasteiger partial charge on any atom is 0.182 e. The number of halogens is 1. The second-order valence-electron chi connectivity index (χ2n) is 8.25. The Morgan fingerprint density at radius 3 is 2.97 bits per heavy atom. The molecule has 0 aliphatic heterocycles. The van der Waals surface area contributed by atoms with Crippen LogP contribution in [0.4, 0.5) is 5.82 Å². The summed E-state index contributed by atoms with van der Waals surface area (Å²) in [5.41, 5.74) is 15.9. The lowest BCUT2D eigenvalue weighted by Gasteiger charge is -2.13. The largest absolute Gasteiger partial charge is 0.388 e. The van der Waals surface area contributed by atoms with Crippen LogP contribution in [0.5, 0.6) is 0 Å². The molecule has 4 aromatic rings. The molecule has 0 radical (unpaired) electrons. The first-order valence-electron chi connectivity index (χ1n) is 11.0. The van der Waals surface area contributed by atoms with Crippen LogP contribution in [0.25, 0.3) is 28.0 Å². The number of hydrogen-bond donors (Lipinski definition) is 4. The van der Waals surface area contributed by atoms with Gasteiger partial charge in [-0.3, -0.25) is 10.1 Å². The van der Waals surface area contributed by atoms with E-state index >= 15 is 0 Å². The highest BCUT2D eigenvalue weighted by molar-refractivity contribution is 6.35. The van der Waals surface area contributed by atoms with Gasteiger partial charge in [0.25, 0.3) is 0 Å². The number of aromatic amines is 1. The van der Waals surface area contributed by atoms with Gasteiger partial charge in [-0.05, 0) is 44.0 Å². The van der Waals surface area contributed by atoms with Crippen molar-refractivity contribution in [1.82, 2.24) is 35.3 Å². The Bertz CT molecular complexity index is 1400. The predicted molar refractivity (Wildman–Crippen MR) is 134 cm³/mol. The molecule has 0 saturated heterocycles. The number of aryl methyl sites for hydroxylation is 1. The Hall–Kier alpha value is -3.92. The number of nitrogens with zero attached hydrogens (tertiary/aromatic N) is 6. The zero-order chi connectivity index (χ0) is 23.7. The van der Waals surface area contributed by atoms with Crippen LogP contribution in [0.3, 0.4) is 0 Å². The maximum atomic E-state index is 6.50. The standard InChI is InChI=1S/C23H25ClN10/c1-13-6-9-34(33-13)23-21(14-10-15-12-29-32-20(15)17(24)11-14)30-18(22(26)31-23)4-7-28-19(25)5-8-27-16-2-3-16/h5-6,8-12,16,27H,2-4,7H2,1H3,(H2,25,28)(H2,26,31)(H,29,32)/b8-5-. The summed E-state index contributed by atoms with van der Waals surface area (Å²) in [5, 5.41) is 16.2. The van der Waals surface area contributed by atoms with Gasteiger partial charge in [-0.25, -0.2) is 14.6 Å². The molecular weight excluding hydrogens is 452 g/mol. The molecule has 1 aliphatic rings. The summed E-state index contributed by atoms with van der Waals surface area (Å²) in [6, 6.07) is 6.26. The lowest BCUT2D eigenvalue weighted by molar-refractivity contribution is 0.818. The summed E-state index contributed by atoms with van der Waals surface area (Å²) >= 11 is 6.50. The summed E-state index contributed by atoms with van der Waals surface area (Å²) < 4.78 is 1.67. The van der Waals surface area contributed by atoms with Gasteiger partial charge in [0.15, 0.2) is 5.82 Å². The van der Waals surface area contributed by atoms with E-state index in [9.17, 15) is 0 Å². The topological polar surface area (TPSA) is 149 Å². The first-order valence-corrected chi connectivity index (χ1v) is 11.4. The number of H-pyrrole nitrogens is 1. The first kappa shape index (κ1) is 21.9. The number of nitrogens with one attached hydrogen (secondary N) is 2. The van der Waals surface area contributed by atoms with Gasteiger partial charge in [0, 0.05) is 42.4 Å². The number of benzene rings is 1. The Morgan fingerprint density at radius 2 is 2.21 bits per heavy atom. The Labute approximate surface area is 201 Å². The number of amidine groups is 1. The SMILES string of the molecule is Cc1ccn(-c2nc(N)c(CCN=C(N)/C=C\NC3CC3)nc2-c2cc(Cl)c3[nH]ncc3c2)n1. The highest BCUT2D eigenvalue weighted by Crippen LogP contribution is 2.32. The molecule has 0 amide bonds. The minimum absolute atomic E-state index is 0.321. The molecule has 0 unspecified atom stereocenters. The average molecular weight is 477 g/mol. The van der Waals surface area contributed by atoms with Crippen LogP contribution in [0.15, 0.2) is 47.9 Å². The zero-order valence-electron chi connectivity index (χ0n) is 18.7. The number of nitrogens with two attached hydrogens (primary N) is 2. The normalized spacial score (nSPS) is 14.4. The highest BCUT2D eigenvalue weighted by Gasteiger charge is 2.19. The van der Waals surface area contributed by atoms with Crippen LogP contribution in [0.2, 0.25) is 5.02 Å². The monoisotopic (exact) mass is 476 g/mol. The van der Waals surface area contributed by atoms with Crippen LogP contribution in [0, 0.1) is 6.92 Å². The van der Waals surface area contributed by atoms with Crippen LogP contribution >= 0.6 is 11.6 Å². The van der Waals surface area contributed by atoms with E-state index < -0.39 is 0 Å². The molecule has 1 fully saturated rings. The van der Waals surface area contributed by atoms with Crippen molar-refractivity contribution in [3.05, 3.63) is 59.3 Å². The highest BCUT2D eigenvalue weighted by atomic mass is 35.5. The van der Waals surface area contributed by atoms with Crippen molar-refractivity contribution >= 4 is 34.2 Å². The van der Waals surface area contributed by atoms with E-state index in [1.54, 1.807) is 17.0 Å². The van der Waals surface area contributed by atoms with Gasteiger partial charge in [-0.15, -0.1) is 0 Å². The third-order valence-electron chi connectivity index (χ3n) is 5.50. The molecule has 11 heteroatoms. The molecule has 1 aliphatic carbocycles. The van der Waals surface area contributed by atoms with Gasteiger partial charge in [0.1, 0.15) is 17.3 Å². The molecule has 3 heterocycles. The Morgan fingerprint density at radius 1 is 1.35 bits per heavy atom. The van der Waals surface area contributed by atoms with Crippen molar-refractivity contribution in [2.75, 3.05) is 12.3 Å². The van der Waals surface area contributed by atoms with Crippen LogP contribution in [0.1, 0.15) is 24.2 Å². The van der Waals surface area contributed by atoms with E-state index in [0.717, 1.165) is 22.2 Å². The van der Waals surface area contributed by atoms with E-state index in [1.807, 2.05) is 37.5 Å². The minimum atomic E-state index is 0.321. The van der Waals surface area contributed by atoms with E-state index in [0.29, 0.717) is 52.9 Å². The van der Waals surface area contributed by atoms with Gasteiger partial charge < -0.3 is 16.8 Å². The van der Waals surface area contributed by atoms with Crippen LogP contribution in [-0.4, -0.2) is 48.4 Å². The molecule has 5 rings (SSSR count). The fraction of sp³-hybridized carbons (Fsp3) is 0.261. The van der Waals surface area contributed by atoms with Gasteiger partial charge in [0.05, 0.1) is 28.1 Å². The van der Waals surface area contributed by atoms with E-state index in [-0.39, 0.29) is 0 Å². The van der Waals surface area contributed by atoms with Crippen molar-refractivity contribution in [3.8, 4) is 17.1 Å². The number of anilines is 1. The van der Waals surface area contributed by atoms with Crippen molar-refractivity contribution in [1.29, 1.82) is 0 Å². The predicted octanol–water partition coefficient (Wildman–Crippen LogP) is 2.92. The molecule has 174 valence electrons. The van der Waals surface area contributed by atoms with Gasteiger partial charge in [0.2, 0.25) is 0 Å². The molecule has 3 aromatic heterocycles. The summed E-state index contributed by atoms with van der Waals surface area (Å²) in [7, 11) is 0. The molecular formula is C23H25ClN10. The number of hydrogen-bond acceptors (Lipinski definition) is 7. The summed E-state index contributed by atoms with van der Waals surface area (Å²) in [4.78, 5) is 13.9. The van der Waals surface area contributed by atoms with Crippen molar-refractivity contribution < 1.29 is 0 Å². The fourth-order valence-electron chi connectivity index (χ4n) is 3.56. The van der Waals surface area contributed by atoms with E-state index in [4.69, 9.17) is 28.1 Å². The van der Waals surface area contributed by atoms with Gasteiger partial charge in [-0.1, -0.05) is 11.6 Å². The van der Waals surface area contributed by atoms with Gasteiger partial charge >= 0.3 is 0 Å². The Kier molecular flexibility index (Phi) is 5.89. The molecule has 6 N–H and O–H groups in total. The van der Waals surface area contributed by atoms with Crippen molar-refractivity contribution in [3.63, 3.8) is 0 Å². The maximum absolute atomic E-state index is 6.50. The summed E-state index contributed by atoms with van der Waals surface area (Å²) in [6.07, 6.45) is 10.0. The fourth-order valence-corrected chi connectivity index (χ4v) is 3.83. The van der Waals surface area contributed by atoms with E-state index in [1.165, 1.54) is 12.8 Å².